The van der Waals surface area contributed by atoms with Gasteiger partial charge in [0.25, 0.3) is 0 Å². The van der Waals surface area contributed by atoms with Gasteiger partial charge < -0.3 is 20.2 Å². The van der Waals surface area contributed by atoms with E-state index in [4.69, 9.17) is 4.74 Å². The first kappa shape index (κ1) is 14.3. The number of aryl methyl sites for hydroxylation is 1. The topological polar surface area (TPSA) is 82.2 Å². The molecule has 0 aliphatic carbocycles. The molecule has 0 spiro atoms. The summed E-state index contributed by atoms with van der Waals surface area (Å²) >= 11 is 0. The molecule has 0 fully saturated rings. The first-order valence-corrected chi connectivity index (χ1v) is 6.90. The van der Waals surface area contributed by atoms with Crippen molar-refractivity contribution in [3.8, 4) is 5.75 Å². The van der Waals surface area contributed by atoms with E-state index >= 15 is 0 Å². The van der Waals surface area contributed by atoms with E-state index in [9.17, 15) is 14.5 Å². The zero-order chi connectivity index (χ0) is 15.7. The van der Waals surface area contributed by atoms with E-state index < -0.39 is 4.92 Å². The van der Waals surface area contributed by atoms with E-state index in [0.29, 0.717) is 30.2 Å². The van der Waals surface area contributed by atoms with Crippen LogP contribution in [0, 0.1) is 15.9 Å². The van der Waals surface area contributed by atoms with Crippen molar-refractivity contribution in [1.82, 2.24) is 9.55 Å². The predicted octanol–water partition coefficient (Wildman–Crippen LogP) is 2.79. The summed E-state index contributed by atoms with van der Waals surface area (Å²) < 4.78 is 20.7. The fraction of sp³-hybridized carbons (Fsp3) is 0.357. The minimum atomic E-state index is -0.540. The van der Waals surface area contributed by atoms with E-state index in [0.717, 1.165) is 6.42 Å². The number of benzene rings is 1. The van der Waals surface area contributed by atoms with Gasteiger partial charge in [-0.1, -0.05) is 0 Å². The fourth-order valence-electron chi connectivity index (χ4n) is 2.58. The molecule has 0 unspecified atom stereocenters. The summed E-state index contributed by atoms with van der Waals surface area (Å²) in [4.78, 5) is 14.3. The maximum absolute atomic E-state index is 13.6. The summed E-state index contributed by atoms with van der Waals surface area (Å²) in [6, 6.07) is 4.05. The number of halogens is 1. The van der Waals surface area contributed by atoms with Gasteiger partial charge in [-0.15, -0.1) is 0 Å². The van der Waals surface area contributed by atoms with Crippen molar-refractivity contribution in [2.45, 2.75) is 18.9 Å². The van der Waals surface area contributed by atoms with Crippen molar-refractivity contribution in [3.05, 3.63) is 46.0 Å². The minimum Gasteiger partial charge on any atom is -0.493 e. The second-order valence-electron chi connectivity index (χ2n) is 5.15. The Bertz CT molecular complexity index is 716. The van der Waals surface area contributed by atoms with Crippen LogP contribution in [-0.4, -0.2) is 21.1 Å². The van der Waals surface area contributed by atoms with Gasteiger partial charge in [-0.3, -0.25) is 4.57 Å². The second kappa shape index (κ2) is 5.63. The molecule has 7 nitrogen and oxygen atoms in total. The lowest BCUT2D eigenvalue weighted by atomic mass is 10.0. The monoisotopic (exact) mass is 306 g/mol. The lowest BCUT2D eigenvalue weighted by molar-refractivity contribution is -0.388. The quantitative estimate of drug-likeness (QED) is 0.696. The zero-order valence-electron chi connectivity index (χ0n) is 12.0. The molecule has 1 aromatic heterocycles. The number of hydrogen-bond acceptors (Lipinski definition) is 5. The van der Waals surface area contributed by atoms with Crippen molar-refractivity contribution < 1.29 is 14.1 Å². The number of anilines is 1. The van der Waals surface area contributed by atoms with Crippen molar-refractivity contribution in [3.63, 3.8) is 0 Å². The van der Waals surface area contributed by atoms with Crippen LogP contribution < -0.4 is 10.1 Å². The molecule has 0 amide bonds. The number of aromatic nitrogens is 2. The number of hydrogen-bond donors (Lipinski definition) is 1. The third-order valence-corrected chi connectivity index (χ3v) is 3.64. The Balaban J connectivity index is 1.98. The van der Waals surface area contributed by atoms with Crippen LogP contribution in [0.3, 0.4) is 0 Å². The molecule has 0 radical (unpaired) electrons. The summed E-state index contributed by atoms with van der Waals surface area (Å²) in [5.41, 5.74) is 0.660. The van der Waals surface area contributed by atoms with E-state index in [1.807, 2.05) is 0 Å². The van der Waals surface area contributed by atoms with Crippen LogP contribution in [0.5, 0.6) is 5.75 Å². The normalized spacial score (nSPS) is 17.3. The van der Waals surface area contributed by atoms with Gasteiger partial charge in [0.05, 0.1) is 12.6 Å². The third kappa shape index (κ3) is 2.59. The van der Waals surface area contributed by atoms with Crippen LogP contribution in [0.1, 0.15) is 24.4 Å². The lowest BCUT2D eigenvalue weighted by Crippen LogP contribution is -2.13. The number of fused-ring (bicyclic) bond motifs is 1. The van der Waals surface area contributed by atoms with E-state index in [2.05, 4.69) is 10.3 Å². The van der Waals surface area contributed by atoms with E-state index in [-0.39, 0.29) is 17.7 Å². The van der Waals surface area contributed by atoms with Gasteiger partial charge in [0.15, 0.2) is 0 Å². The molecule has 0 bridgehead atoms. The highest BCUT2D eigenvalue weighted by Crippen LogP contribution is 2.36. The van der Waals surface area contributed by atoms with Crippen molar-refractivity contribution in [1.29, 1.82) is 0 Å². The smallest absolute Gasteiger partial charge is 0.406 e. The van der Waals surface area contributed by atoms with Crippen molar-refractivity contribution in [2.75, 3.05) is 11.9 Å². The Morgan fingerprint density at radius 1 is 1.55 bits per heavy atom. The van der Waals surface area contributed by atoms with Gasteiger partial charge in [-0.2, -0.15) is 0 Å². The maximum atomic E-state index is 13.6. The molecule has 1 atom stereocenters. The Morgan fingerprint density at radius 3 is 3.14 bits per heavy atom. The Hall–Kier alpha value is -2.64. The molecular weight excluding hydrogens is 291 g/mol. The van der Waals surface area contributed by atoms with Crippen LogP contribution in [-0.2, 0) is 7.05 Å². The molecule has 22 heavy (non-hydrogen) atoms. The number of nitro groups is 1. The first-order valence-electron chi connectivity index (χ1n) is 6.90. The largest absolute Gasteiger partial charge is 0.493 e. The summed E-state index contributed by atoms with van der Waals surface area (Å²) in [7, 11) is 1.67. The number of imidazole rings is 1. The lowest BCUT2D eigenvalue weighted by Gasteiger charge is -2.19. The molecule has 0 saturated heterocycles. The number of ether oxygens (including phenoxy) is 1. The zero-order valence-corrected chi connectivity index (χ0v) is 12.0. The number of nitrogens with zero attached hydrogens (tertiary/aromatic N) is 3. The average Bonchev–Trinajstić information content (AvgIpc) is 2.73. The van der Waals surface area contributed by atoms with Crippen LogP contribution >= 0.6 is 0 Å². The Morgan fingerprint density at radius 2 is 2.36 bits per heavy atom. The molecule has 1 aromatic carbocycles. The van der Waals surface area contributed by atoms with Gasteiger partial charge in [0, 0.05) is 12.6 Å². The molecular formula is C14H15FN4O3. The number of rotatable bonds is 3. The second-order valence-corrected chi connectivity index (χ2v) is 5.15. The van der Waals surface area contributed by atoms with Crippen LogP contribution in [0.2, 0.25) is 0 Å². The molecule has 1 N–H and O–H groups in total. The van der Waals surface area contributed by atoms with Gasteiger partial charge in [0.1, 0.15) is 11.6 Å². The minimum absolute atomic E-state index is 0.245. The van der Waals surface area contributed by atoms with Crippen LogP contribution in [0.25, 0.3) is 0 Å². The highest BCUT2D eigenvalue weighted by molar-refractivity contribution is 5.54. The van der Waals surface area contributed by atoms with Crippen LogP contribution in [0.15, 0.2) is 24.5 Å². The van der Waals surface area contributed by atoms with Crippen molar-refractivity contribution in [2.24, 2.45) is 7.05 Å². The molecule has 2 aromatic rings. The van der Waals surface area contributed by atoms with Gasteiger partial charge in [-0.25, -0.2) is 4.39 Å². The predicted molar refractivity (Wildman–Crippen MR) is 77.4 cm³/mol. The third-order valence-electron chi connectivity index (χ3n) is 3.64. The highest BCUT2D eigenvalue weighted by Gasteiger charge is 2.26. The van der Waals surface area contributed by atoms with Crippen LogP contribution in [0.4, 0.5) is 16.0 Å². The maximum Gasteiger partial charge on any atom is 0.406 e. The number of nitrogens with one attached hydrogen (secondary N) is 1. The molecule has 1 aliphatic rings. The van der Waals surface area contributed by atoms with Gasteiger partial charge in [-0.05, 0) is 40.9 Å². The molecule has 116 valence electrons. The fourth-order valence-corrected chi connectivity index (χ4v) is 2.58. The SMILES string of the molecule is Cn1cnc([N+](=O)[O-])c1N[C@@H]1CCCOc2ccc(F)cc21. The van der Waals surface area contributed by atoms with E-state index in [1.54, 1.807) is 17.7 Å². The summed E-state index contributed by atoms with van der Waals surface area (Å²) in [5, 5.41) is 14.2. The summed E-state index contributed by atoms with van der Waals surface area (Å²) in [6.45, 7) is 0.532. The summed E-state index contributed by atoms with van der Waals surface area (Å²) in [5.74, 6) is 0.287. The standard InChI is InChI=1S/C14H15FN4O3/c1-18-8-16-13(19(20)21)14(18)17-11-3-2-6-22-12-5-4-9(15)7-10(11)12/h4-5,7-8,11,17H,2-3,6H2,1H3/t11-/m1/s1. The molecule has 3 rings (SSSR count). The first-order chi connectivity index (χ1) is 10.6. The van der Waals surface area contributed by atoms with Crippen molar-refractivity contribution >= 4 is 11.6 Å². The molecule has 2 heterocycles. The highest BCUT2D eigenvalue weighted by atomic mass is 19.1. The molecule has 0 saturated carbocycles. The molecule has 8 heteroatoms. The van der Waals surface area contributed by atoms with E-state index in [1.165, 1.54) is 18.5 Å². The van der Waals surface area contributed by atoms with Gasteiger partial charge in [0.2, 0.25) is 12.1 Å². The Labute approximate surface area is 125 Å². The summed E-state index contributed by atoms with van der Waals surface area (Å²) in [6.07, 6.45) is 2.82. The average molecular weight is 306 g/mol. The van der Waals surface area contributed by atoms with Gasteiger partial charge >= 0.3 is 5.82 Å². The Kier molecular flexibility index (Phi) is 3.66. The molecule has 1 aliphatic heterocycles.